The number of hydrogen-bond acceptors (Lipinski definition) is 3. The predicted molar refractivity (Wildman–Crippen MR) is 38.4 cm³/mol. The van der Waals surface area contributed by atoms with Crippen molar-refractivity contribution in [3.05, 3.63) is 12.7 Å². The summed E-state index contributed by atoms with van der Waals surface area (Å²) in [5.74, 6) is -1.30. The lowest BCUT2D eigenvalue weighted by molar-refractivity contribution is -0.141. The smallest absolute Gasteiger partial charge is 0.333 e. The van der Waals surface area contributed by atoms with Crippen LogP contribution in [0.5, 0.6) is 0 Å². The van der Waals surface area contributed by atoms with E-state index in [1.165, 1.54) is 6.41 Å². The van der Waals surface area contributed by atoms with Crippen molar-refractivity contribution in [2.24, 2.45) is 0 Å². The van der Waals surface area contributed by atoms with Gasteiger partial charge in [0.05, 0.1) is 0 Å². The molecule has 0 bridgehead atoms. The lowest BCUT2D eigenvalue weighted by atomic mass is 10.3. The van der Waals surface area contributed by atoms with Crippen LogP contribution in [0.3, 0.4) is 0 Å². The van der Waals surface area contributed by atoms with Crippen LogP contribution in [0.4, 0.5) is 0 Å². The summed E-state index contributed by atoms with van der Waals surface area (Å²) in [5, 5.41) is 8.91. The summed E-state index contributed by atoms with van der Waals surface area (Å²) in [7, 11) is 0. The van der Waals surface area contributed by atoms with Gasteiger partial charge in [-0.1, -0.05) is 6.08 Å². The van der Waals surface area contributed by atoms with E-state index in [1.54, 1.807) is 0 Å². The number of rotatable bonds is 6. The minimum absolute atomic E-state index is 0.171. The zero-order valence-electron chi connectivity index (χ0n) is 6.06. The molecule has 0 saturated carbocycles. The molecule has 0 aromatic rings. The lowest BCUT2D eigenvalue weighted by Crippen LogP contribution is -2.47. The molecule has 0 spiro atoms. The number of nitrogens with zero attached hydrogens (tertiary/aromatic N) is 1. The number of carbonyl (C=O) groups excluding carboxylic acids is 2. The van der Waals surface area contributed by atoms with Crippen LogP contribution in [-0.4, -0.2) is 34.9 Å². The van der Waals surface area contributed by atoms with Crippen LogP contribution in [0.25, 0.3) is 0 Å². The zero-order valence-corrected chi connectivity index (χ0v) is 6.06. The highest BCUT2D eigenvalue weighted by Crippen LogP contribution is 1.93. The molecular weight excluding hydrogens is 164 g/mol. The number of carboxylic acid groups (broad SMARTS) is 1. The maximum absolute atomic E-state index is 10.4. The van der Waals surface area contributed by atoms with Crippen molar-refractivity contribution in [1.82, 2.24) is 10.4 Å². The molecule has 1 unspecified atom stereocenters. The molecule has 0 aliphatic rings. The number of nitrogens with one attached hydrogen (secondary N) is 1. The van der Waals surface area contributed by atoms with E-state index in [0.29, 0.717) is 5.01 Å². The molecule has 0 aliphatic carbocycles. The van der Waals surface area contributed by atoms with Crippen LogP contribution in [-0.2, 0) is 14.4 Å². The molecule has 0 aromatic heterocycles. The standard InChI is InChI=1S/C6H7N2O4/c1-2-5(6(11)12)8(4-10)7-3-9/h2-3,5H,1H2,(H,7,9)(H,11,12). The number of amides is 2. The third kappa shape index (κ3) is 2.41. The number of carboxylic acids is 1. The summed E-state index contributed by atoms with van der Waals surface area (Å²) in [6, 6.07) is -1.30. The first kappa shape index (κ1) is 10.2. The second kappa shape index (κ2) is 4.89. The van der Waals surface area contributed by atoms with Crippen molar-refractivity contribution in [3.63, 3.8) is 0 Å². The molecule has 12 heavy (non-hydrogen) atoms. The van der Waals surface area contributed by atoms with E-state index < -0.39 is 12.0 Å². The molecule has 1 atom stereocenters. The van der Waals surface area contributed by atoms with Crippen LogP contribution in [0.1, 0.15) is 0 Å². The molecule has 2 amide bonds. The predicted octanol–water partition coefficient (Wildman–Crippen LogP) is -1.34. The van der Waals surface area contributed by atoms with Crippen molar-refractivity contribution in [2.75, 3.05) is 0 Å². The Kier molecular flexibility index (Phi) is 4.13. The Labute approximate surface area is 68.4 Å². The Balaban J connectivity index is 4.41. The van der Waals surface area contributed by atoms with E-state index >= 15 is 0 Å². The van der Waals surface area contributed by atoms with Crippen molar-refractivity contribution in [2.45, 2.75) is 6.04 Å². The molecule has 2 N–H and O–H groups in total. The number of hydrazine groups is 1. The Hall–Kier alpha value is -1.85. The molecule has 0 heterocycles. The summed E-state index contributed by atoms with van der Waals surface area (Å²) in [6.45, 7) is 3.18. The second-order valence-corrected chi connectivity index (χ2v) is 1.73. The van der Waals surface area contributed by atoms with Crippen LogP contribution < -0.4 is 5.43 Å². The quantitative estimate of drug-likeness (QED) is 0.224. The molecular formula is C6H7N2O4. The lowest BCUT2D eigenvalue weighted by Gasteiger charge is -2.18. The summed E-state index contributed by atoms with van der Waals surface area (Å²) in [4.78, 5) is 30.3. The van der Waals surface area contributed by atoms with E-state index in [1.807, 2.05) is 5.43 Å². The van der Waals surface area contributed by atoms with Gasteiger partial charge in [0.25, 0.3) is 0 Å². The Morgan fingerprint density at radius 3 is 2.58 bits per heavy atom. The van der Waals surface area contributed by atoms with Gasteiger partial charge in [-0.25, -0.2) is 9.80 Å². The zero-order chi connectivity index (χ0) is 9.56. The molecule has 0 rings (SSSR count). The molecule has 1 radical (unpaired) electrons. The summed E-state index contributed by atoms with van der Waals surface area (Å²) in [6.07, 6.45) is 2.39. The highest BCUT2D eigenvalue weighted by Gasteiger charge is 2.21. The minimum Gasteiger partial charge on any atom is -0.479 e. The second-order valence-electron chi connectivity index (χ2n) is 1.73. The topological polar surface area (TPSA) is 86.7 Å². The van der Waals surface area contributed by atoms with E-state index in [2.05, 4.69) is 6.58 Å². The van der Waals surface area contributed by atoms with Gasteiger partial charge >= 0.3 is 12.4 Å². The maximum Gasteiger partial charge on any atom is 0.333 e. The average Bonchev–Trinajstić information content (AvgIpc) is 2.03. The van der Waals surface area contributed by atoms with Gasteiger partial charge in [0.1, 0.15) is 0 Å². The Morgan fingerprint density at radius 2 is 2.33 bits per heavy atom. The molecule has 6 heteroatoms. The number of aliphatic carboxylic acids is 1. The van der Waals surface area contributed by atoms with E-state index in [0.717, 1.165) is 6.08 Å². The van der Waals surface area contributed by atoms with Gasteiger partial charge in [-0.2, -0.15) is 0 Å². The highest BCUT2D eigenvalue weighted by atomic mass is 16.4. The maximum atomic E-state index is 10.4. The molecule has 0 saturated heterocycles. The van der Waals surface area contributed by atoms with Crippen molar-refractivity contribution in [3.8, 4) is 0 Å². The first-order valence-corrected chi connectivity index (χ1v) is 2.89. The van der Waals surface area contributed by atoms with Gasteiger partial charge in [-0.3, -0.25) is 15.0 Å². The van der Waals surface area contributed by atoms with Gasteiger partial charge < -0.3 is 5.11 Å². The molecule has 0 aromatic carbocycles. The first-order valence-electron chi connectivity index (χ1n) is 2.89. The fraction of sp³-hybridized carbons (Fsp3) is 0.167. The fourth-order valence-electron chi connectivity index (χ4n) is 0.537. The van der Waals surface area contributed by atoms with Crippen molar-refractivity contribution in [1.29, 1.82) is 0 Å². The summed E-state index contributed by atoms with van der Waals surface area (Å²) >= 11 is 0. The summed E-state index contributed by atoms with van der Waals surface area (Å²) < 4.78 is 0. The summed E-state index contributed by atoms with van der Waals surface area (Å²) in [5.41, 5.74) is 1.84. The van der Waals surface area contributed by atoms with E-state index in [9.17, 15) is 14.4 Å². The average molecular weight is 171 g/mol. The molecule has 65 valence electrons. The van der Waals surface area contributed by atoms with Gasteiger partial charge in [-0.15, -0.1) is 6.58 Å². The van der Waals surface area contributed by atoms with Gasteiger partial charge in [0, 0.05) is 0 Å². The Morgan fingerprint density at radius 1 is 1.75 bits per heavy atom. The number of hydrogen-bond donors (Lipinski definition) is 2. The first-order chi connectivity index (χ1) is 5.67. The van der Waals surface area contributed by atoms with Crippen molar-refractivity contribution >= 4 is 18.8 Å². The normalized spacial score (nSPS) is 11.0. The third-order valence-electron chi connectivity index (χ3n) is 1.04. The monoisotopic (exact) mass is 171 g/mol. The van der Waals surface area contributed by atoms with E-state index in [4.69, 9.17) is 5.11 Å². The Bertz CT molecular complexity index is 204. The molecule has 0 fully saturated rings. The van der Waals surface area contributed by atoms with Crippen LogP contribution in [0.2, 0.25) is 0 Å². The van der Waals surface area contributed by atoms with Gasteiger partial charge in [0.15, 0.2) is 6.04 Å². The van der Waals surface area contributed by atoms with Crippen molar-refractivity contribution < 1.29 is 19.5 Å². The fourth-order valence-corrected chi connectivity index (χ4v) is 0.537. The largest absolute Gasteiger partial charge is 0.479 e. The van der Waals surface area contributed by atoms with Gasteiger partial charge in [-0.05, 0) is 0 Å². The van der Waals surface area contributed by atoms with Crippen LogP contribution in [0.15, 0.2) is 12.7 Å². The number of carbonyl (C=O) groups is 2. The molecule has 6 nitrogen and oxygen atoms in total. The third-order valence-corrected chi connectivity index (χ3v) is 1.04. The van der Waals surface area contributed by atoms with Gasteiger partial charge in [0.2, 0.25) is 6.41 Å². The highest BCUT2D eigenvalue weighted by molar-refractivity contribution is 5.78. The van der Waals surface area contributed by atoms with Crippen LogP contribution in [0, 0.1) is 0 Å². The SMILES string of the molecule is C=CC(C(=O)O)N([C]=O)NC=O. The van der Waals surface area contributed by atoms with E-state index in [-0.39, 0.29) is 6.41 Å². The minimum atomic E-state index is -1.30. The molecule has 0 aliphatic heterocycles. The van der Waals surface area contributed by atoms with Crippen LogP contribution >= 0.6 is 0 Å².